The van der Waals surface area contributed by atoms with Gasteiger partial charge in [-0.1, -0.05) is 32.9 Å². The van der Waals surface area contributed by atoms with Crippen molar-refractivity contribution in [2.75, 3.05) is 20.3 Å². The zero-order valence-electron chi connectivity index (χ0n) is 12.4. The molecular weight excluding hydrogens is 252 g/mol. The maximum Gasteiger partial charge on any atom is 0.255 e. The van der Waals surface area contributed by atoms with E-state index < -0.39 is 6.04 Å². The number of nitriles is 1. The van der Waals surface area contributed by atoms with Crippen molar-refractivity contribution in [2.24, 2.45) is 0 Å². The van der Waals surface area contributed by atoms with Crippen molar-refractivity contribution in [3.63, 3.8) is 0 Å². The molecule has 1 unspecified atom stereocenters. The second-order valence-electron chi connectivity index (χ2n) is 6.08. The molecule has 20 heavy (non-hydrogen) atoms. The van der Waals surface area contributed by atoms with E-state index in [9.17, 15) is 10.1 Å². The lowest BCUT2D eigenvalue weighted by Crippen LogP contribution is -2.30. The molecule has 0 saturated carbocycles. The molecule has 0 radical (unpaired) electrons. The van der Waals surface area contributed by atoms with Gasteiger partial charge in [-0.05, 0) is 17.0 Å². The highest BCUT2D eigenvalue weighted by Crippen LogP contribution is 2.36. The smallest absolute Gasteiger partial charge is 0.255 e. The number of benzene rings is 1. The number of hydrogen-bond acceptors (Lipinski definition) is 3. The molecule has 1 aromatic rings. The number of fused-ring (bicyclic) bond motifs is 1. The largest absolute Gasteiger partial charge is 0.383 e. The average Bonchev–Trinajstić information content (AvgIpc) is 2.67. The van der Waals surface area contributed by atoms with Crippen LogP contribution in [-0.4, -0.2) is 31.1 Å². The van der Waals surface area contributed by atoms with Crippen LogP contribution in [-0.2, 0) is 10.2 Å². The van der Waals surface area contributed by atoms with E-state index in [1.165, 1.54) is 0 Å². The van der Waals surface area contributed by atoms with Gasteiger partial charge in [-0.15, -0.1) is 0 Å². The number of carbonyl (C=O) groups excluding carboxylic acids is 1. The van der Waals surface area contributed by atoms with Gasteiger partial charge in [0.15, 0.2) is 0 Å². The van der Waals surface area contributed by atoms with Crippen molar-refractivity contribution in [1.29, 1.82) is 5.26 Å². The molecule has 1 atom stereocenters. The Hall–Kier alpha value is -1.86. The van der Waals surface area contributed by atoms with E-state index in [1.54, 1.807) is 12.0 Å². The van der Waals surface area contributed by atoms with Crippen LogP contribution in [0.15, 0.2) is 18.2 Å². The molecule has 1 aliphatic heterocycles. The normalized spacial score (nSPS) is 18.1. The molecule has 0 aliphatic carbocycles. The fourth-order valence-corrected chi connectivity index (χ4v) is 2.45. The van der Waals surface area contributed by atoms with E-state index in [1.807, 2.05) is 18.2 Å². The molecule has 0 bridgehead atoms. The summed E-state index contributed by atoms with van der Waals surface area (Å²) in [7, 11) is 1.59. The number of methoxy groups -OCH3 is 1. The number of nitrogens with zero attached hydrogens (tertiary/aromatic N) is 2. The summed E-state index contributed by atoms with van der Waals surface area (Å²) in [5, 5.41) is 9.41. The Morgan fingerprint density at radius 1 is 1.40 bits per heavy atom. The fraction of sp³-hybridized carbons (Fsp3) is 0.500. The molecule has 4 nitrogen and oxygen atoms in total. The molecule has 0 saturated heterocycles. The molecule has 0 spiro atoms. The van der Waals surface area contributed by atoms with Crippen LogP contribution in [0.25, 0.3) is 0 Å². The van der Waals surface area contributed by atoms with Crippen molar-refractivity contribution in [2.45, 2.75) is 32.2 Å². The topological polar surface area (TPSA) is 53.3 Å². The Morgan fingerprint density at radius 2 is 2.10 bits per heavy atom. The van der Waals surface area contributed by atoms with Crippen LogP contribution >= 0.6 is 0 Å². The second kappa shape index (κ2) is 5.26. The summed E-state index contributed by atoms with van der Waals surface area (Å²) >= 11 is 0. The molecule has 1 amide bonds. The van der Waals surface area contributed by atoms with Gasteiger partial charge in [0.1, 0.15) is 6.04 Å². The minimum Gasteiger partial charge on any atom is -0.383 e. The number of carbonyl (C=O) groups is 1. The van der Waals surface area contributed by atoms with E-state index in [2.05, 4.69) is 26.8 Å². The number of amides is 1. The molecule has 106 valence electrons. The first-order chi connectivity index (χ1) is 9.40. The summed E-state index contributed by atoms with van der Waals surface area (Å²) in [5.41, 5.74) is 2.59. The van der Waals surface area contributed by atoms with E-state index in [4.69, 9.17) is 4.74 Å². The number of rotatable bonds is 3. The highest BCUT2D eigenvalue weighted by atomic mass is 16.5. The molecule has 1 aliphatic rings. The van der Waals surface area contributed by atoms with Gasteiger partial charge in [-0.25, -0.2) is 0 Å². The third-order valence-electron chi connectivity index (χ3n) is 3.67. The molecule has 2 rings (SSSR count). The Morgan fingerprint density at radius 3 is 2.65 bits per heavy atom. The maximum absolute atomic E-state index is 12.4. The van der Waals surface area contributed by atoms with Gasteiger partial charge in [0.25, 0.3) is 5.91 Å². The standard InChI is InChI=1S/C16H20N2O2/c1-16(2,3)11-5-6-12-13(9-11)14(10-17)18(15(12)19)7-8-20-4/h5-6,9,14H,7-8H2,1-4H3. The van der Waals surface area contributed by atoms with Gasteiger partial charge < -0.3 is 9.64 Å². The third kappa shape index (κ3) is 2.41. The van der Waals surface area contributed by atoms with E-state index in [0.29, 0.717) is 18.7 Å². The van der Waals surface area contributed by atoms with Gasteiger partial charge in [0.05, 0.1) is 12.7 Å². The van der Waals surface area contributed by atoms with Crippen molar-refractivity contribution in [3.8, 4) is 6.07 Å². The first-order valence-corrected chi connectivity index (χ1v) is 6.74. The van der Waals surface area contributed by atoms with Crippen molar-refractivity contribution in [3.05, 3.63) is 34.9 Å². The molecule has 0 aromatic heterocycles. The van der Waals surface area contributed by atoms with Crippen LogP contribution < -0.4 is 0 Å². The lowest BCUT2D eigenvalue weighted by atomic mass is 9.85. The van der Waals surface area contributed by atoms with Gasteiger partial charge in [-0.2, -0.15) is 5.26 Å². The van der Waals surface area contributed by atoms with Crippen molar-refractivity contribution >= 4 is 5.91 Å². The molecule has 4 heteroatoms. The lowest BCUT2D eigenvalue weighted by molar-refractivity contribution is 0.0693. The highest BCUT2D eigenvalue weighted by Gasteiger charge is 2.37. The van der Waals surface area contributed by atoms with Crippen LogP contribution in [0.5, 0.6) is 0 Å². The van der Waals surface area contributed by atoms with Crippen LogP contribution in [0.3, 0.4) is 0 Å². The summed E-state index contributed by atoms with van der Waals surface area (Å²) in [5.74, 6) is -0.0796. The Kier molecular flexibility index (Phi) is 3.82. The summed E-state index contributed by atoms with van der Waals surface area (Å²) in [6, 6.07) is 7.55. The quantitative estimate of drug-likeness (QED) is 0.850. The van der Waals surface area contributed by atoms with Gasteiger partial charge >= 0.3 is 0 Å². The van der Waals surface area contributed by atoms with Crippen molar-refractivity contribution < 1.29 is 9.53 Å². The van der Waals surface area contributed by atoms with Crippen LogP contribution in [0, 0.1) is 11.3 Å². The lowest BCUT2D eigenvalue weighted by Gasteiger charge is -2.21. The predicted octanol–water partition coefficient (Wildman–Crippen LogP) is 2.65. The van der Waals surface area contributed by atoms with E-state index in [0.717, 1.165) is 11.1 Å². The van der Waals surface area contributed by atoms with Crippen LogP contribution in [0.1, 0.15) is 48.3 Å². The summed E-state index contributed by atoms with van der Waals surface area (Å²) in [4.78, 5) is 13.9. The van der Waals surface area contributed by atoms with Gasteiger partial charge in [0, 0.05) is 24.8 Å². The SMILES string of the molecule is COCCN1C(=O)c2ccc(C(C)(C)C)cc2C1C#N. The van der Waals surface area contributed by atoms with Gasteiger partial charge in [-0.3, -0.25) is 4.79 Å². The zero-order chi connectivity index (χ0) is 14.9. The average molecular weight is 272 g/mol. The third-order valence-corrected chi connectivity index (χ3v) is 3.67. The molecule has 1 heterocycles. The molecule has 0 fully saturated rings. The minimum absolute atomic E-state index is 0.00195. The van der Waals surface area contributed by atoms with E-state index in [-0.39, 0.29) is 11.3 Å². The van der Waals surface area contributed by atoms with Crippen molar-refractivity contribution in [1.82, 2.24) is 4.90 Å². The summed E-state index contributed by atoms with van der Waals surface area (Å²) in [6.07, 6.45) is 0. The minimum atomic E-state index is -0.505. The predicted molar refractivity (Wildman–Crippen MR) is 76.4 cm³/mol. The first kappa shape index (κ1) is 14.5. The molecule has 1 aromatic carbocycles. The first-order valence-electron chi connectivity index (χ1n) is 6.74. The summed E-state index contributed by atoms with van der Waals surface area (Å²) in [6.45, 7) is 7.23. The van der Waals surface area contributed by atoms with Gasteiger partial charge in [0.2, 0.25) is 0 Å². The highest BCUT2D eigenvalue weighted by molar-refractivity contribution is 5.99. The zero-order valence-corrected chi connectivity index (χ0v) is 12.4. The van der Waals surface area contributed by atoms with Crippen LogP contribution in [0.2, 0.25) is 0 Å². The Labute approximate surface area is 120 Å². The number of ether oxygens (including phenoxy) is 1. The maximum atomic E-state index is 12.4. The molecular formula is C16H20N2O2. The Balaban J connectivity index is 2.42. The monoisotopic (exact) mass is 272 g/mol. The van der Waals surface area contributed by atoms with E-state index >= 15 is 0 Å². The van der Waals surface area contributed by atoms with Crippen LogP contribution in [0.4, 0.5) is 0 Å². The fourth-order valence-electron chi connectivity index (χ4n) is 2.45. The second-order valence-corrected chi connectivity index (χ2v) is 6.08. The summed E-state index contributed by atoms with van der Waals surface area (Å²) < 4.78 is 5.02. The number of hydrogen-bond donors (Lipinski definition) is 0. The Bertz CT molecular complexity index is 567. The molecule has 0 N–H and O–H groups in total.